The van der Waals surface area contributed by atoms with Gasteiger partial charge in [0.2, 0.25) is 10.0 Å². The Morgan fingerprint density at radius 2 is 1.82 bits per heavy atom. The van der Waals surface area contributed by atoms with Gasteiger partial charge in [-0.2, -0.15) is 4.72 Å². The van der Waals surface area contributed by atoms with E-state index in [1.807, 2.05) is 37.3 Å². The molecule has 1 aliphatic heterocycles. The second-order valence-electron chi connectivity index (χ2n) is 8.14. The summed E-state index contributed by atoms with van der Waals surface area (Å²) >= 11 is 6.20. The van der Waals surface area contributed by atoms with Crippen LogP contribution in [-0.4, -0.2) is 68.7 Å². The van der Waals surface area contributed by atoms with E-state index in [1.54, 1.807) is 24.4 Å². The first-order valence-corrected chi connectivity index (χ1v) is 13.0. The van der Waals surface area contributed by atoms with Gasteiger partial charge in [0.25, 0.3) is 0 Å². The summed E-state index contributed by atoms with van der Waals surface area (Å²) in [6.45, 7) is 6.92. The molecular formula is C24H29ClN4O3S. The second-order valence-corrected chi connectivity index (χ2v) is 10.2. The molecule has 1 unspecified atom stereocenters. The van der Waals surface area contributed by atoms with Crippen molar-refractivity contribution in [3.63, 3.8) is 0 Å². The van der Waals surface area contributed by atoms with Crippen molar-refractivity contribution in [2.45, 2.75) is 24.4 Å². The van der Waals surface area contributed by atoms with Gasteiger partial charge in [-0.25, -0.2) is 8.42 Å². The fourth-order valence-electron chi connectivity index (χ4n) is 4.08. The lowest BCUT2D eigenvalue weighted by Crippen LogP contribution is -2.54. The van der Waals surface area contributed by atoms with Crippen LogP contribution in [0.15, 0.2) is 65.7 Å². The number of piperazine rings is 1. The highest BCUT2D eigenvalue weighted by molar-refractivity contribution is 7.89. The number of hydrogen-bond acceptors (Lipinski definition) is 6. The molecular weight excluding hydrogens is 460 g/mol. The molecule has 1 aliphatic rings. The first-order chi connectivity index (χ1) is 15.9. The van der Waals surface area contributed by atoms with Gasteiger partial charge in [0.05, 0.1) is 28.2 Å². The molecule has 1 aromatic heterocycles. The molecule has 0 bridgehead atoms. The number of para-hydroxylation sites is 1. The van der Waals surface area contributed by atoms with Gasteiger partial charge in [0.1, 0.15) is 5.75 Å². The van der Waals surface area contributed by atoms with Crippen molar-refractivity contribution in [3.05, 3.63) is 65.8 Å². The highest BCUT2D eigenvalue weighted by atomic mass is 35.5. The summed E-state index contributed by atoms with van der Waals surface area (Å²) in [5.41, 5.74) is 0.486. The first kappa shape index (κ1) is 23.9. The van der Waals surface area contributed by atoms with E-state index in [1.165, 1.54) is 6.07 Å². The Morgan fingerprint density at radius 3 is 2.58 bits per heavy atom. The molecule has 176 valence electrons. The Hall–Kier alpha value is -2.23. The number of nitrogens with zero attached hydrogens (tertiary/aromatic N) is 3. The van der Waals surface area contributed by atoms with E-state index in [0.29, 0.717) is 22.5 Å². The van der Waals surface area contributed by atoms with Crippen LogP contribution < -0.4 is 9.46 Å². The van der Waals surface area contributed by atoms with E-state index < -0.39 is 10.0 Å². The van der Waals surface area contributed by atoms with E-state index >= 15 is 0 Å². The molecule has 1 fully saturated rings. The zero-order valence-electron chi connectivity index (χ0n) is 18.7. The lowest BCUT2D eigenvalue weighted by Gasteiger charge is -2.38. The van der Waals surface area contributed by atoms with Crippen molar-refractivity contribution in [1.82, 2.24) is 19.5 Å². The van der Waals surface area contributed by atoms with Crippen LogP contribution in [0.1, 0.15) is 13.3 Å². The SMILES string of the molecule is CC(NS(=O)(=O)c1ccc(Cl)c2ncccc12)N1CCN(CCCOc2ccccc2)CC1. The normalized spacial score (nSPS) is 16.7. The second kappa shape index (κ2) is 10.8. The summed E-state index contributed by atoms with van der Waals surface area (Å²) in [7, 11) is -3.73. The molecule has 0 amide bonds. The number of fused-ring (bicyclic) bond motifs is 1. The van der Waals surface area contributed by atoms with Crippen LogP contribution in [0, 0.1) is 0 Å². The van der Waals surface area contributed by atoms with E-state index in [0.717, 1.165) is 44.9 Å². The number of rotatable bonds is 9. The average molecular weight is 489 g/mol. The van der Waals surface area contributed by atoms with Gasteiger partial charge in [-0.05, 0) is 49.7 Å². The molecule has 0 spiro atoms. The summed E-state index contributed by atoms with van der Waals surface area (Å²) in [5, 5.41) is 0.954. The predicted molar refractivity (Wildman–Crippen MR) is 131 cm³/mol. The number of pyridine rings is 1. The predicted octanol–water partition coefficient (Wildman–Crippen LogP) is 3.60. The molecule has 1 N–H and O–H groups in total. The maximum atomic E-state index is 13.1. The number of halogens is 1. The third-order valence-corrected chi connectivity index (χ3v) is 7.77. The van der Waals surface area contributed by atoms with Crippen molar-refractivity contribution in [2.75, 3.05) is 39.3 Å². The Balaban J connectivity index is 1.28. The lowest BCUT2D eigenvalue weighted by atomic mass is 10.2. The van der Waals surface area contributed by atoms with E-state index in [-0.39, 0.29) is 11.1 Å². The zero-order valence-corrected chi connectivity index (χ0v) is 20.2. The largest absolute Gasteiger partial charge is 0.494 e. The number of aromatic nitrogens is 1. The molecule has 2 heterocycles. The smallest absolute Gasteiger partial charge is 0.242 e. The van der Waals surface area contributed by atoms with Crippen molar-refractivity contribution < 1.29 is 13.2 Å². The van der Waals surface area contributed by atoms with Crippen LogP contribution in [0.3, 0.4) is 0 Å². The number of benzene rings is 2. The van der Waals surface area contributed by atoms with Crippen molar-refractivity contribution in [2.24, 2.45) is 0 Å². The van der Waals surface area contributed by atoms with Gasteiger partial charge in [-0.15, -0.1) is 0 Å². The minimum Gasteiger partial charge on any atom is -0.494 e. The van der Waals surface area contributed by atoms with Crippen LogP contribution in [0.25, 0.3) is 10.9 Å². The van der Waals surface area contributed by atoms with Crippen LogP contribution in [0.4, 0.5) is 0 Å². The Kier molecular flexibility index (Phi) is 7.82. The monoisotopic (exact) mass is 488 g/mol. The molecule has 7 nitrogen and oxygen atoms in total. The third kappa shape index (κ3) is 6.02. The van der Waals surface area contributed by atoms with Crippen molar-refractivity contribution >= 4 is 32.5 Å². The first-order valence-electron chi connectivity index (χ1n) is 11.1. The summed E-state index contributed by atoms with van der Waals surface area (Å²) in [6, 6.07) is 16.4. The fourth-order valence-corrected chi connectivity index (χ4v) is 5.72. The molecule has 33 heavy (non-hydrogen) atoms. The van der Waals surface area contributed by atoms with Gasteiger partial charge in [-0.1, -0.05) is 29.8 Å². The van der Waals surface area contributed by atoms with Crippen LogP contribution in [0.2, 0.25) is 5.02 Å². The maximum Gasteiger partial charge on any atom is 0.242 e. The lowest BCUT2D eigenvalue weighted by molar-refractivity contribution is 0.0943. The molecule has 1 atom stereocenters. The van der Waals surface area contributed by atoms with Crippen molar-refractivity contribution in [1.29, 1.82) is 0 Å². The summed E-state index contributed by atoms with van der Waals surface area (Å²) in [5.74, 6) is 0.896. The number of ether oxygens (including phenoxy) is 1. The maximum absolute atomic E-state index is 13.1. The molecule has 1 saturated heterocycles. The Bertz CT molecular complexity index is 1170. The fraction of sp³-hybridized carbons (Fsp3) is 0.375. The zero-order chi connectivity index (χ0) is 23.3. The van der Waals surface area contributed by atoms with Crippen LogP contribution >= 0.6 is 11.6 Å². The third-order valence-electron chi connectivity index (χ3n) is 5.88. The van der Waals surface area contributed by atoms with Gasteiger partial charge in [0.15, 0.2) is 0 Å². The van der Waals surface area contributed by atoms with Gasteiger partial charge in [0, 0.05) is 44.3 Å². The summed E-state index contributed by atoms with van der Waals surface area (Å²) in [4.78, 5) is 8.98. The Morgan fingerprint density at radius 1 is 1.06 bits per heavy atom. The highest BCUT2D eigenvalue weighted by Gasteiger charge is 2.26. The highest BCUT2D eigenvalue weighted by Crippen LogP contribution is 2.27. The van der Waals surface area contributed by atoms with E-state index in [2.05, 4.69) is 19.5 Å². The van der Waals surface area contributed by atoms with E-state index in [4.69, 9.17) is 16.3 Å². The Labute approximate surface area is 200 Å². The standard InChI is InChI=1S/C24H29ClN4O3S/c1-19(27-33(30,31)23-11-10-22(25)24-21(23)9-5-12-26-24)29-16-14-28(15-17-29)13-6-18-32-20-7-3-2-4-8-20/h2-5,7-12,19,27H,6,13-18H2,1H3. The number of sulfonamides is 1. The van der Waals surface area contributed by atoms with Gasteiger partial charge in [-0.3, -0.25) is 9.88 Å². The quantitative estimate of drug-likeness (QED) is 0.464. The molecule has 2 aromatic carbocycles. The molecule has 4 rings (SSSR count). The van der Waals surface area contributed by atoms with Gasteiger partial charge < -0.3 is 9.64 Å². The minimum atomic E-state index is -3.73. The van der Waals surface area contributed by atoms with Crippen LogP contribution in [-0.2, 0) is 10.0 Å². The minimum absolute atomic E-state index is 0.193. The number of nitrogens with one attached hydrogen (secondary N) is 1. The van der Waals surface area contributed by atoms with Crippen molar-refractivity contribution in [3.8, 4) is 5.75 Å². The van der Waals surface area contributed by atoms with Crippen LogP contribution in [0.5, 0.6) is 5.75 Å². The topological polar surface area (TPSA) is 74.8 Å². The average Bonchev–Trinajstić information content (AvgIpc) is 2.83. The number of hydrogen-bond donors (Lipinski definition) is 1. The molecule has 0 saturated carbocycles. The molecule has 9 heteroatoms. The van der Waals surface area contributed by atoms with E-state index in [9.17, 15) is 8.42 Å². The molecule has 0 radical (unpaired) electrons. The summed E-state index contributed by atoms with van der Waals surface area (Å²) in [6.07, 6.45) is 2.24. The molecule has 3 aromatic rings. The summed E-state index contributed by atoms with van der Waals surface area (Å²) < 4.78 is 34.9. The molecule has 0 aliphatic carbocycles. The van der Waals surface area contributed by atoms with Gasteiger partial charge >= 0.3 is 0 Å².